The van der Waals surface area contributed by atoms with Gasteiger partial charge in [-0.3, -0.25) is 4.79 Å². The third-order valence-corrected chi connectivity index (χ3v) is 3.58. The number of carbonyl (C=O) groups excluding carboxylic acids is 1. The molecule has 2 heterocycles. The average Bonchev–Trinajstić information content (AvgIpc) is 3.24. The Bertz CT molecular complexity index is 796. The Balaban J connectivity index is 1.50. The van der Waals surface area contributed by atoms with Crippen LogP contribution in [0, 0.1) is 0 Å². The number of rotatable bonds is 7. The molecule has 0 bridgehead atoms. The first-order chi connectivity index (χ1) is 12.1. The van der Waals surface area contributed by atoms with E-state index in [0.29, 0.717) is 23.7 Å². The molecule has 8 heteroatoms. The Morgan fingerprint density at radius 1 is 1.24 bits per heavy atom. The number of carboxylic acid groups (broad SMARTS) is 1. The van der Waals surface area contributed by atoms with E-state index in [0.717, 1.165) is 0 Å². The molecule has 0 radical (unpaired) electrons. The predicted molar refractivity (Wildman–Crippen MR) is 85.4 cm³/mol. The molecule has 1 aromatic carbocycles. The smallest absolute Gasteiger partial charge is 0.339 e. The van der Waals surface area contributed by atoms with Crippen LogP contribution >= 0.6 is 0 Å². The second-order valence-electron chi connectivity index (χ2n) is 5.23. The Morgan fingerprint density at radius 3 is 2.76 bits per heavy atom. The number of amides is 1. The van der Waals surface area contributed by atoms with Crippen molar-refractivity contribution < 1.29 is 33.3 Å². The second-order valence-corrected chi connectivity index (χ2v) is 5.23. The highest BCUT2D eigenvalue weighted by Crippen LogP contribution is 2.34. The van der Waals surface area contributed by atoms with Crippen molar-refractivity contribution >= 4 is 11.9 Å². The molecule has 25 heavy (non-hydrogen) atoms. The summed E-state index contributed by atoms with van der Waals surface area (Å²) in [5.41, 5.74) is 0.00394. The van der Waals surface area contributed by atoms with Crippen LogP contribution in [0.5, 0.6) is 17.2 Å². The Hall–Kier alpha value is -3.16. The van der Waals surface area contributed by atoms with Crippen LogP contribution in [0.4, 0.5) is 0 Å². The Labute approximate surface area is 143 Å². The van der Waals surface area contributed by atoms with E-state index >= 15 is 0 Å². The molecule has 8 nitrogen and oxygen atoms in total. The van der Waals surface area contributed by atoms with Crippen molar-refractivity contribution in [3.05, 3.63) is 41.3 Å². The van der Waals surface area contributed by atoms with Gasteiger partial charge in [0, 0.05) is 18.6 Å². The third kappa shape index (κ3) is 3.68. The van der Waals surface area contributed by atoms with Crippen LogP contribution in [0.15, 0.2) is 28.7 Å². The topological polar surface area (TPSA) is 107 Å². The van der Waals surface area contributed by atoms with Gasteiger partial charge in [-0.2, -0.15) is 0 Å². The molecule has 0 saturated carbocycles. The summed E-state index contributed by atoms with van der Waals surface area (Å²) in [5.74, 6) is 0.511. The van der Waals surface area contributed by atoms with Crippen LogP contribution in [0.1, 0.15) is 33.6 Å². The number of aromatic carboxylic acids is 1. The number of carboxylic acids is 1. The standard InChI is InChI=1S/C17H17NO7/c1-2-12-11(17(20)21)8-15(25-12)16(19)18-5-6-22-10-3-4-13-14(7-10)24-9-23-13/h3-4,7-8H,2,5-6,9H2,1H3,(H,18,19)(H,20,21). The van der Waals surface area contributed by atoms with Gasteiger partial charge in [-0.25, -0.2) is 4.79 Å². The number of aryl methyl sites for hydroxylation is 1. The molecule has 132 valence electrons. The lowest BCUT2D eigenvalue weighted by atomic mass is 10.2. The monoisotopic (exact) mass is 347 g/mol. The van der Waals surface area contributed by atoms with E-state index in [9.17, 15) is 9.59 Å². The molecule has 0 fully saturated rings. The zero-order valence-corrected chi connectivity index (χ0v) is 13.5. The lowest BCUT2D eigenvalue weighted by Crippen LogP contribution is -2.27. The minimum absolute atomic E-state index is 0.00394. The molecule has 0 aliphatic carbocycles. The van der Waals surface area contributed by atoms with Gasteiger partial charge < -0.3 is 29.1 Å². The molecule has 2 N–H and O–H groups in total. The summed E-state index contributed by atoms with van der Waals surface area (Å²) < 4.78 is 21.3. The highest BCUT2D eigenvalue weighted by molar-refractivity contribution is 5.96. The number of furan rings is 1. The first-order valence-electron chi connectivity index (χ1n) is 7.75. The molecule has 0 saturated heterocycles. The summed E-state index contributed by atoms with van der Waals surface area (Å²) in [6, 6.07) is 6.44. The first-order valence-corrected chi connectivity index (χ1v) is 7.75. The van der Waals surface area contributed by atoms with Gasteiger partial charge in [0.25, 0.3) is 5.91 Å². The van der Waals surface area contributed by atoms with E-state index < -0.39 is 11.9 Å². The van der Waals surface area contributed by atoms with Gasteiger partial charge in [0.05, 0.1) is 6.54 Å². The van der Waals surface area contributed by atoms with E-state index in [1.807, 2.05) is 0 Å². The first kappa shape index (κ1) is 16.7. The lowest BCUT2D eigenvalue weighted by Gasteiger charge is -2.07. The van der Waals surface area contributed by atoms with Gasteiger partial charge in [0.1, 0.15) is 23.7 Å². The number of hydrogen-bond acceptors (Lipinski definition) is 6. The number of benzene rings is 1. The van der Waals surface area contributed by atoms with Crippen LogP contribution in [-0.4, -0.2) is 36.9 Å². The number of carbonyl (C=O) groups is 2. The summed E-state index contributed by atoms with van der Waals surface area (Å²) in [7, 11) is 0. The lowest BCUT2D eigenvalue weighted by molar-refractivity contribution is 0.0694. The van der Waals surface area contributed by atoms with Crippen molar-refractivity contribution in [2.75, 3.05) is 19.9 Å². The maximum atomic E-state index is 12.0. The molecule has 1 aromatic heterocycles. The highest BCUT2D eigenvalue weighted by Gasteiger charge is 2.19. The van der Waals surface area contributed by atoms with Crippen molar-refractivity contribution in [3.63, 3.8) is 0 Å². The molecule has 0 unspecified atom stereocenters. The van der Waals surface area contributed by atoms with Gasteiger partial charge in [-0.1, -0.05) is 6.92 Å². The number of fused-ring (bicyclic) bond motifs is 1. The van der Waals surface area contributed by atoms with Gasteiger partial charge >= 0.3 is 5.97 Å². The van der Waals surface area contributed by atoms with Gasteiger partial charge in [0.15, 0.2) is 17.3 Å². The average molecular weight is 347 g/mol. The maximum absolute atomic E-state index is 12.0. The van der Waals surface area contributed by atoms with Crippen molar-refractivity contribution in [2.24, 2.45) is 0 Å². The van der Waals surface area contributed by atoms with Crippen molar-refractivity contribution in [1.29, 1.82) is 0 Å². The summed E-state index contributed by atoms with van der Waals surface area (Å²) in [5, 5.41) is 11.7. The molecule has 0 atom stereocenters. The number of nitrogens with one attached hydrogen (secondary N) is 1. The van der Waals surface area contributed by atoms with Crippen LogP contribution in [0.3, 0.4) is 0 Å². The molecule has 2 aromatic rings. The van der Waals surface area contributed by atoms with E-state index in [1.165, 1.54) is 6.07 Å². The van der Waals surface area contributed by atoms with E-state index in [2.05, 4.69) is 5.32 Å². The fourth-order valence-corrected chi connectivity index (χ4v) is 2.37. The van der Waals surface area contributed by atoms with Crippen molar-refractivity contribution in [1.82, 2.24) is 5.32 Å². The van der Waals surface area contributed by atoms with Crippen LogP contribution in [0.2, 0.25) is 0 Å². The minimum Gasteiger partial charge on any atom is -0.492 e. The molecule has 1 amide bonds. The largest absolute Gasteiger partial charge is 0.492 e. The van der Waals surface area contributed by atoms with Crippen molar-refractivity contribution in [2.45, 2.75) is 13.3 Å². The van der Waals surface area contributed by atoms with E-state index in [-0.39, 0.29) is 37.0 Å². The van der Waals surface area contributed by atoms with Gasteiger partial charge in [0.2, 0.25) is 6.79 Å². The molecule has 1 aliphatic rings. The quantitative estimate of drug-likeness (QED) is 0.738. The Kier molecular flexibility index (Phi) is 4.78. The maximum Gasteiger partial charge on any atom is 0.339 e. The highest BCUT2D eigenvalue weighted by atomic mass is 16.7. The zero-order valence-electron chi connectivity index (χ0n) is 13.5. The molecule has 1 aliphatic heterocycles. The molecular weight excluding hydrogens is 330 g/mol. The summed E-state index contributed by atoms with van der Waals surface area (Å²) >= 11 is 0. The van der Waals surface area contributed by atoms with Crippen LogP contribution in [-0.2, 0) is 6.42 Å². The summed E-state index contributed by atoms with van der Waals surface area (Å²) in [6.45, 7) is 2.42. The van der Waals surface area contributed by atoms with E-state index in [4.69, 9.17) is 23.7 Å². The molecular formula is C17H17NO7. The predicted octanol–water partition coefficient (Wildman–Crippen LogP) is 2.08. The SMILES string of the molecule is CCc1oc(C(=O)NCCOc2ccc3c(c2)OCO3)cc1C(=O)O. The fraction of sp³-hybridized carbons (Fsp3) is 0.294. The van der Waals surface area contributed by atoms with Crippen LogP contribution < -0.4 is 19.5 Å². The second kappa shape index (κ2) is 7.16. The van der Waals surface area contributed by atoms with E-state index in [1.54, 1.807) is 25.1 Å². The fourth-order valence-electron chi connectivity index (χ4n) is 2.37. The van der Waals surface area contributed by atoms with Crippen LogP contribution in [0.25, 0.3) is 0 Å². The van der Waals surface area contributed by atoms with Gasteiger partial charge in [-0.05, 0) is 12.1 Å². The Morgan fingerprint density at radius 2 is 2.04 bits per heavy atom. The zero-order chi connectivity index (χ0) is 17.8. The third-order valence-electron chi connectivity index (χ3n) is 3.58. The summed E-state index contributed by atoms with van der Waals surface area (Å²) in [4.78, 5) is 23.1. The van der Waals surface area contributed by atoms with Gasteiger partial charge in [-0.15, -0.1) is 0 Å². The molecule has 3 rings (SSSR count). The number of hydrogen-bond donors (Lipinski definition) is 2. The summed E-state index contributed by atoms with van der Waals surface area (Å²) in [6.07, 6.45) is 0.391. The van der Waals surface area contributed by atoms with Crippen molar-refractivity contribution in [3.8, 4) is 17.2 Å². The number of ether oxygens (including phenoxy) is 3. The normalized spacial score (nSPS) is 12.0. The minimum atomic E-state index is -1.12. The molecule has 0 spiro atoms.